The maximum Gasteiger partial charge on any atom is 0.334 e. The number of ether oxygens (including phenoxy) is 3. The molecule has 4 rings (SSSR count). The van der Waals surface area contributed by atoms with Crippen LogP contribution in [0.4, 0.5) is 0 Å². The van der Waals surface area contributed by atoms with Gasteiger partial charge in [0, 0.05) is 17.9 Å². The molecule has 4 heteroatoms. The van der Waals surface area contributed by atoms with Crippen LogP contribution in [0.1, 0.15) is 59.3 Å². The number of allylic oxidation sites excluding steroid dienone is 1. The molecule has 3 aliphatic heterocycles. The first-order valence-corrected chi connectivity index (χ1v) is 9.22. The molecular formula is C20H28O4. The van der Waals surface area contributed by atoms with E-state index in [0.717, 1.165) is 38.5 Å². The minimum absolute atomic E-state index is 0.0400. The van der Waals surface area contributed by atoms with Crippen molar-refractivity contribution in [2.75, 3.05) is 0 Å². The van der Waals surface area contributed by atoms with E-state index in [1.807, 2.05) is 0 Å². The summed E-state index contributed by atoms with van der Waals surface area (Å²) < 4.78 is 17.6. The first-order chi connectivity index (χ1) is 11.3. The molecule has 0 amide bonds. The molecule has 0 spiro atoms. The number of esters is 1. The Kier molecular flexibility index (Phi) is 3.70. The van der Waals surface area contributed by atoms with Crippen molar-refractivity contribution >= 4 is 5.97 Å². The van der Waals surface area contributed by atoms with Gasteiger partial charge in [0.25, 0.3) is 0 Å². The van der Waals surface area contributed by atoms with Gasteiger partial charge < -0.3 is 14.2 Å². The molecule has 0 aromatic carbocycles. The number of carbonyl (C=O) groups excluding carboxylic acids is 1. The van der Waals surface area contributed by atoms with Crippen molar-refractivity contribution in [1.29, 1.82) is 0 Å². The number of hydrogen-bond donors (Lipinski definition) is 0. The van der Waals surface area contributed by atoms with E-state index in [1.165, 1.54) is 5.57 Å². The zero-order valence-corrected chi connectivity index (χ0v) is 15.0. The fourth-order valence-corrected chi connectivity index (χ4v) is 4.49. The van der Waals surface area contributed by atoms with Crippen LogP contribution in [0.15, 0.2) is 23.8 Å². The van der Waals surface area contributed by atoms with Crippen molar-refractivity contribution in [3.63, 3.8) is 0 Å². The van der Waals surface area contributed by atoms with Gasteiger partial charge in [0.1, 0.15) is 6.10 Å². The third-order valence-corrected chi connectivity index (χ3v) is 6.52. The second-order valence-electron chi connectivity index (χ2n) is 8.48. The summed E-state index contributed by atoms with van der Waals surface area (Å²) in [5.74, 6) is -0.148. The Hall–Kier alpha value is -1.13. The molecule has 0 aromatic rings. The van der Waals surface area contributed by atoms with Crippen molar-refractivity contribution in [1.82, 2.24) is 0 Å². The largest absolute Gasteiger partial charge is 0.458 e. The number of epoxide rings is 2. The van der Waals surface area contributed by atoms with Crippen LogP contribution in [-0.2, 0) is 19.0 Å². The quantitative estimate of drug-likeness (QED) is 0.294. The minimum Gasteiger partial charge on any atom is -0.458 e. The summed E-state index contributed by atoms with van der Waals surface area (Å²) >= 11 is 0. The molecule has 132 valence electrons. The van der Waals surface area contributed by atoms with E-state index in [0.29, 0.717) is 11.7 Å². The molecular weight excluding hydrogens is 304 g/mol. The molecule has 24 heavy (non-hydrogen) atoms. The molecule has 4 nitrogen and oxygen atoms in total. The lowest BCUT2D eigenvalue weighted by atomic mass is 9.84. The highest BCUT2D eigenvalue weighted by atomic mass is 16.6. The molecule has 3 saturated heterocycles. The smallest absolute Gasteiger partial charge is 0.334 e. The molecule has 6 atom stereocenters. The lowest BCUT2D eigenvalue weighted by molar-refractivity contribution is -0.139. The van der Waals surface area contributed by atoms with E-state index in [4.69, 9.17) is 14.2 Å². The Morgan fingerprint density at radius 2 is 1.88 bits per heavy atom. The van der Waals surface area contributed by atoms with Crippen LogP contribution in [0.5, 0.6) is 0 Å². The third-order valence-electron chi connectivity index (χ3n) is 6.52. The van der Waals surface area contributed by atoms with E-state index < -0.39 is 0 Å². The predicted octanol–water partition coefficient (Wildman–Crippen LogP) is 3.70. The zero-order chi connectivity index (χ0) is 17.1. The highest BCUT2D eigenvalue weighted by molar-refractivity contribution is 5.90. The summed E-state index contributed by atoms with van der Waals surface area (Å²) in [7, 11) is 0. The highest BCUT2D eigenvalue weighted by Crippen LogP contribution is 2.51. The molecule has 0 aromatic heterocycles. The summed E-state index contributed by atoms with van der Waals surface area (Å²) in [6, 6.07) is 0. The van der Waals surface area contributed by atoms with Gasteiger partial charge in [-0.2, -0.15) is 0 Å². The molecule has 1 aliphatic carbocycles. The van der Waals surface area contributed by atoms with Crippen molar-refractivity contribution in [3.8, 4) is 0 Å². The normalized spacial score (nSPS) is 50.5. The fraction of sp³-hybridized carbons (Fsp3) is 0.750. The molecule has 0 saturated carbocycles. The van der Waals surface area contributed by atoms with Crippen molar-refractivity contribution < 1.29 is 19.0 Å². The summed E-state index contributed by atoms with van der Waals surface area (Å²) in [5.41, 5.74) is 1.87. The topological polar surface area (TPSA) is 51.4 Å². The van der Waals surface area contributed by atoms with Gasteiger partial charge in [0.2, 0.25) is 0 Å². The zero-order valence-electron chi connectivity index (χ0n) is 15.0. The molecule has 4 aliphatic rings. The lowest BCUT2D eigenvalue weighted by Gasteiger charge is -2.18. The summed E-state index contributed by atoms with van der Waals surface area (Å²) in [6.45, 7) is 10.5. The molecule has 0 radical (unpaired) electrons. The first-order valence-electron chi connectivity index (χ1n) is 9.22. The molecule has 3 fully saturated rings. The van der Waals surface area contributed by atoms with Gasteiger partial charge in [0.15, 0.2) is 0 Å². The van der Waals surface area contributed by atoms with Gasteiger partial charge >= 0.3 is 5.97 Å². The van der Waals surface area contributed by atoms with Gasteiger partial charge in [-0.3, -0.25) is 0 Å². The monoisotopic (exact) mass is 332 g/mol. The number of fused-ring (bicyclic) bond motifs is 3. The van der Waals surface area contributed by atoms with Crippen LogP contribution in [0.25, 0.3) is 0 Å². The number of carbonyl (C=O) groups is 1. The average molecular weight is 332 g/mol. The second kappa shape index (κ2) is 5.43. The Labute approximate surface area is 144 Å². The van der Waals surface area contributed by atoms with E-state index in [1.54, 1.807) is 0 Å². The van der Waals surface area contributed by atoms with Crippen molar-refractivity contribution in [2.24, 2.45) is 5.92 Å². The highest BCUT2D eigenvalue weighted by Gasteiger charge is 2.57. The molecule has 0 unspecified atom stereocenters. The molecule has 0 bridgehead atoms. The van der Waals surface area contributed by atoms with Gasteiger partial charge in [-0.15, -0.1) is 0 Å². The van der Waals surface area contributed by atoms with Crippen LogP contribution >= 0.6 is 0 Å². The average Bonchev–Trinajstić information content (AvgIpc) is 3.33. The third kappa shape index (κ3) is 2.84. The van der Waals surface area contributed by atoms with Crippen molar-refractivity contribution in [2.45, 2.75) is 88.8 Å². The van der Waals surface area contributed by atoms with Crippen LogP contribution in [0.2, 0.25) is 0 Å². The summed E-state index contributed by atoms with van der Waals surface area (Å²) in [6.07, 6.45) is 8.53. The van der Waals surface area contributed by atoms with E-state index in [-0.39, 0.29) is 35.3 Å². The van der Waals surface area contributed by atoms with Gasteiger partial charge in [-0.1, -0.05) is 18.2 Å². The van der Waals surface area contributed by atoms with E-state index >= 15 is 0 Å². The second-order valence-corrected chi connectivity index (χ2v) is 8.48. The van der Waals surface area contributed by atoms with E-state index in [2.05, 4.69) is 33.4 Å². The molecule has 3 heterocycles. The van der Waals surface area contributed by atoms with Gasteiger partial charge in [-0.05, 0) is 52.9 Å². The minimum atomic E-state index is -0.230. The van der Waals surface area contributed by atoms with E-state index in [9.17, 15) is 4.79 Å². The molecule has 0 N–H and O–H groups in total. The fourth-order valence-electron chi connectivity index (χ4n) is 4.49. The Balaban J connectivity index is 1.53. The van der Waals surface area contributed by atoms with Crippen LogP contribution < -0.4 is 0 Å². The van der Waals surface area contributed by atoms with Crippen LogP contribution in [0.3, 0.4) is 0 Å². The van der Waals surface area contributed by atoms with Gasteiger partial charge in [0.05, 0.1) is 23.4 Å². The summed E-state index contributed by atoms with van der Waals surface area (Å²) in [4.78, 5) is 12.0. The van der Waals surface area contributed by atoms with Crippen LogP contribution in [0, 0.1) is 5.92 Å². The standard InChI is InChI=1S/C20H28O4/c1-12-6-5-8-19(3)16(23-19)7-9-20(4)17(24-20)11-14-13(2)18(21)22-15(14)10-12/h6,14-17H,2,5,7-11H2,1,3-4H3/b12-6+/t14-,15+,16+,17+,19-,20-/m1/s1. The maximum absolute atomic E-state index is 12.0. The number of hydrogen-bond acceptors (Lipinski definition) is 4. The summed E-state index contributed by atoms with van der Waals surface area (Å²) in [5, 5.41) is 0. The maximum atomic E-state index is 12.0. The van der Waals surface area contributed by atoms with Crippen LogP contribution in [-0.4, -0.2) is 35.5 Å². The SMILES string of the molecule is C=C1C(=O)O[C@H]2C/C(C)=C/CC[C@@]3(C)O[C@H]3CC[C@@]3(C)O[C@H]3C[C@H]12. The lowest BCUT2D eigenvalue weighted by Crippen LogP contribution is -2.22. The Morgan fingerprint density at radius 1 is 1.17 bits per heavy atom. The Bertz CT molecular complexity index is 609. The van der Waals surface area contributed by atoms with Crippen molar-refractivity contribution in [3.05, 3.63) is 23.8 Å². The predicted molar refractivity (Wildman–Crippen MR) is 90.5 cm³/mol. The number of rotatable bonds is 0. The Morgan fingerprint density at radius 3 is 2.67 bits per heavy atom. The van der Waals surface area contributed by atoms with Gasteiger partial charge in [-0.25, -0.2) is 4.79 Å². The first kappa shape index (κ1) is 16.3.